The minimum Gasteiger partial charge on any atom is -0.300 e. The molecule has 0 aromatic heterocycles. The van der Waals surface area contributed by atoms with Crippen LogP contribution in [0.15, 0.2) is 0 Å². The summed E-state index contributed by atoms with van der Waals surface area (Å²) < 4.78 is 34.9. The third-order valence-corrected chi connectivity index (χ3v) is 5.58. The molecule has 6 heteroatoms. The van der Waals surface area contributed by atoms with E-state index >= 15 is 0 Å². The Kier molecular flexibility index (Phi) is 17.8. The van der Waals surface area contributed by atoms with Crippen LogP contribution in [0, 0.1) is 0 Å². The Morgan fingerprint density at radius 1 is 0.741 bits per heavy atom. The van der Waals surface area contributed by atoms with E-state index in [1.807, 2.05) is 0 Å². The molecule has 0 spiro atoms. The number of nitrogens with zero attached hydrogens (tertiary/aromatic N) is 1. The zero-order valence-electron chi connectivity index (χ0n) is 18.1. The Labute approximate surface area is 169 Å². The van der Waals surface area contributed by atoms with E-state index in [4.69, 9.17) is 4.55 Å². The molecule has 0 aliphatic rings. The van der Waals surface area contributed by atoms with Gasteiger partial charge in [0.2, 0.25) is 0 Å². The summed E-state index contributed by atoms with van der Waals surface area (Å²) in [4.78, 5) is 2.46. The molecule has 0 aromatic carbocycles. The summed E-state index contributed by atoms with van der Waals surface area (Å²) in [6, 6.07) is 0.334. The van der Waals surface area contributed by atoms with Gasteiger partial charge in [-0.3, -0.25) is 4.55 Å². The van der Waals surface area contributed by atoms with Crippen molar-refractivity contribution in [3.8, 4) is 0 Å². The highest BCUT2D eigenvalue weighted by molar-refractivity contribution is 7.80. The lowest BCUT2D eigenvalue weighted by Gasteiger charge is -2.31. The Bertz CT molecular complexity index is 408. The molecule has 0 heterocycles. The Morgan fingerprint density at radius 3 is 1.67 bits per heavy atom. The van der Waals surface area contributed by atoms with Gasteiger partial charge in [-0.1, -0.05) is 85.0 Å². The molecule has 0 amide bonds. The Hall–Kier alpha value is -0.170. The molecule has 1 N–H and O–H groups in total. The molecule has 1 unspecified atom stereocenters. The van der Waals surface area contributed by atoms with E-state index in [1.54, 1.807) is 0 Å². The maximum absolute atomic E-state index is 10.8. The van der Waals surface area contributed by atoms with Crippen molar-refractivity contribution in [1.29, 1.82) is 0 Å². The van der Waals surface area contributed by atoms with Crippen LogP contribution in [0.3, 0.4) is 0 Å². The Morgan fingerprint density at radius 2 is 1.22 bits per heavy atom. The van der Waals surface area contributed by atoms with Gasteiger partial charge in [-0.15, -0.1) is 0 Å². The molecule has 0 saturated heterocycles. The second kappa shape index (κ2) is 17.9. The maximum atomic E-state index is 10.8. The van der Waals surface area contributed by atoms with E-state index in [9.17, 15) is 8.42 Å². The van der Waals surface area contributed by atoms with Gasteiger partial charge < -0.3 is 4.90 Å². The normalized spacial score (nSPS) is 13.4. The minimum atomic E-state index is -4.33. The Balaban J connectivity index is 4.11. The van der Waals surface area contributed by atoms with Gasteiger partial charge in [0.25, 0.3) is 0 Å². The maximum Gasteiger partial charge on any atom is 0.397 e. The van der Waals surface area contributed by atoms with E-state index in [0.717, 1.165) is 32.4 Å². The lowest BCUT2D eigenvalue weighted by molar-refractivity contribution is 0.149. The van der Waals surface area contributed by atoms with Crippen LogP contribution in [0.1, 0.15) is 111 Å². The first-order valence-electron chi connectivity index (χ1n) is 11.3. The summed E-state index contributed by atoms with van der Waals surface area (Å²) in [5.74, 6) is 0. The SMILES string of the molecule is CCCCCCCCCCCCC(CCOS(=O)(=O)O)N(CCC)CCC. The molecule has 27 heavy (non-hydrogen) atoms. The number of unbranched alkanes of at least 4 members (excludes halogenated alkanes) is 9. The second-order valence-electron chi connectivity index (χ2n) is 7.70. The van der Waals surface area contributed by atoms with Crippen LogP contribution in [0.5, 0.6) is 0 Å². The highest BCUT2D eigenvalue weighted by Gasteiger charge is 2.18. The predicted molar refractivity (Wildman–Crippen MR) is 115 cm³/mol. The number of hydrogen-bond acceptors (Lipinski definition) is 4. The summed E-state index contributed by atoms with van der Waals surface area (Å²) in [5, 5.41) is 0. The van der Waals surface area contributed by atoms with Crippen LogP contribution in [0.25, 0.3) is 0 Å². The number of hydrogen-bond donors (Lipinski definition) is 1. The smallest absolute Gasteiger partial charge is 0.300 e. The van der Waals surface area contributed by atoms with Gasteiger partial charge in [0.1, 0.15) is 0 Å². The van der Waals surface area contributed by atoms with Gasteiger partial charge in [0.15, 0.2) is 0 Å². The van der Waals surface area contributed by atoms with Crippen LogP contribution < -0.4 is 0 Å². The fraction of sp³-hybridized carbons (Fsp3) is 1.00. The largest absolute Gasteiger partial charge is 0.397 e. The fourth-order valence-corrected chi connectivity index (χ4v) is 4.02. The van der Waals surface area contributed by atoms with Crippen molar-refractivity contribution in [3.05, 3.63) is 0 Å². The van der Waals surface area contributed by atoms with Gasteiger partial charge in [0, 0.05) is 6.04 Å². The summed E-state index contributed by atoms with van der Waals surface area (Å²) in [7, 11) is -4.33. The minimum absolute atomic E-state index is 0.0607. The van der Waals surface area contributed by atoms with Crippen LogP contribution in [-0.4, -0.2) is 43.6 Å². The average Bonchev–Trinajstić information content (AvgIpc) is 2.60. The molecule has 1 atom stereocenters. The highest BCUT2D eigenvalue weighted by atomic mass is 32.3. The van der Waals surface area contributed by atoms with Crippen molar-refractivity contribution in [3.63, 3.8) is 0 Å². The van der Waals surface area contributed by atoms with Gasteiger partial charge in [-0.05, 0) is 38.8 Å². The molecule has 5 nitrogen and oxygen atoms in total. The topological polar surface area (TPSA) is 66.8 Å². The molecule has 0 aromatic rings. The second-order valence-corrected chi connectivity index (χ2v) is 8.79. The first-order valence-corrected chi connectivity index (χ1v) is 12.7. The predicted octanol–water partition coefficient (Wildman–Crippen LogP) is 6.00. The number of rotatable bonds is 20. The van der Waals surface area contributed by atoms with Crippen LogP contribution in [0.4, 0.5) is 0 Å². The van der Waals surface area contributed by atoms with Gasteiger partial charge in [0.05, 0.1) is 6.61 Å². The fourth-order valence-electron chi connectivity index (χ4n) is 3.72. The quantitative estimate of drug-likeness (QED) is 0.198. The molecule has 0 aliphatic heterocycles. The molecule has 0 fully saturated rings. The van der Waals surface area contributed by atoms with Crippen LogP contribution in [-0.2, 0) is 14.6 Å². The van der Waals surface area contributed by atoms with E-state index in [1.165, 1.54) is 64.2 Å². The van der Waals surface area contributed by atoms with E-state index < -0.39 is 10.4 Å². The summed E-state index contributed by atoms with van der Waals surface area (Å²) in [6.07, 6.45) is 17.1. The van der Waals surface area contributed by atoms with Crippen LogP contribution in [0.2, 0.25) is 0 Å². The summed E-state index contributed by atoms with van der Waals surface area (Å²) in [6.45, 7) is 8.73. The molecule has 164 valence electrons. The average molecular weight is 408 g/mol. The monoisotopic (exact) mass is 407 g/mol. The van der Waals surface area contributed by atoms with Crippen molar-refractivity contribution in [2.75, 3.05) is 19.7 Å². The molecule has 0 rings (SSSR count). The van der Waals surface area contributed by atoms with Gasteiger partial charge in [-0.2, -0.15) is 8.42 Å². The molecule has 0 radical (unpaired) electrons. The third-order valence-electron chi connectivity index (χ3n) is 5.11. The zero-order chi connectivity index (χ0) is 20.4. The lowest BCUT2D eigenvalue weighted by atomic mass is 10.0. The van der Waals surface area contributed by atoms with Gasteiger partial charge >= 0.3 is 10.4 Å². The van der Waals surface area contributed by atoms with E-state index in [2.05, 4.69) is 29.9 Å². The lowest BCUT2D eigenvalue weighted by Crippen LogP contribution is -2.37. The standard InChI is InChI=1S/C21H45NO4S/c1-4-7-8-9-10-11-12-13-14-15-16-21(17-20-26-27(23,24)25)22(18-5-2)19-6-3/h21H,4-20H2,1-3H3,(H,23,24,25). The van der Waals surface area contributed by atoms with Crippen LogP contribution >= 0.6 is 0 Å². The first-order chi connectivity index (χ1) is 12.9. The molecule has 0 saturated carbocycles. The van der Waals surface area contributed by atoms with Crippen molar-refractivity contribution in [1.82, 2.24) is 4.90 Å². The zero-order valence-corrected chi connectivity index (χ0v) is 18.9. The van der Waals surface area contributed by atoms with Gasteiger partial charge in [-0.25, -0.2) is 4.18 Å². The highest BCUT2D eigenvalue weighted by Crippen LogP contribution is 2.17. The molecular weight excluding hydrogens is 362 g/mol. The summed E-state index contributed by atoms with van der Waals surface area (Å²) in [5.41, 5.74) is 0. The van der Waals surface area contributed by atoms with Crippen molar-refractivity contribution < 1.29 is 17.2 Å². The van der Waals surface area contributed by atoms with E-state index in [0.29, 0.717) is 12.5 Å². The van der Waals surface area contributed by atoms with Crippen molar-refractivity contribution >= 4 is 10.4 Å². The van der Waals surface area contributed by atoms with Crippen molar-refractivity contribution in [2.45, 2.75) is 117 Å². The molecule has 0 aliphatic carbocycles. The van der Waals surface area contributed by atoms with Crippen molar-refractivity contribution in [2.24, 2.45) is 0 Å². The third kappa shape index (κ3) is 17.6. The molecular formula is C21H45NO4S. The van der Waals surface area contributed by atoms with E-state index in [-0.39, 0.29) is 6.61 Å². The summed E-state index contributed by atoms with van der Waals surface area (Å²) >= 11 is 0. The first kappa shape index (κ1) is 26.8. The molecule has 0 bridgehead atoms.